The fraction of sp³-hybridized carbons (Fsp3) is 0.0800. The van der Waals surface area contributed by atoms with E-state index in [2.05, 4.69) is 5.32 Å². The van der Waals surface area contributed by atoms with Crippen molar-refractivity contribution in [2.45, 2.75) is 13.5 Å². The Labute approximate surface area is 224 Å². The maximum atomic E-state index is 12.7. The molecular formula is C25H17Cl2N3O8. The zero-order valence-electron chi connectivity index (χ0n) is 19.5. The van der Waals surface area contributed by atoms with Gasteiger partial charge in [0.1, 0.15) is 29.6 Å². The molecule has 4 aromatic rings. The van der Waals surface area contributed by atoms with Crippen molar-refractivity contribution in [3.63, 3.8) is 0 Å². The van der Waals surface area contributed by atoms with Crippen molar-refractivity contribution in [2.75, 3.05) is 5.32 Å². The summed E-state index contributed by atoms with van der Waals surface area (Å²) in [5, 5.41) is 25.4. The first kappa shape index (κ1) is 26.5. The van der Waals surface area contributed by atoms with Gasteiger partial charge < -0.3 is 19.2 Å². The molecule has 0 radical (unpaired) electrons. The Balaban J connectivity index is 1.46. The molecule has 194 valence electrons. The highest BCUT2D eigenvalue weighted by atomic mass is 35.5. The third-order valence-corrected chi connectivity index (χ3v) is 5.64. The van der Waals surface area contributed by atoms with E-state index in [0.717, 1.165) is 11.6 Å². The molecule has 1 aromatic heterocycles. The van der Waals surface area contributed by atoms with Gasteiger partial charge in [0, 0.05) is 29.3 Å². The Hall–Kier alpha value is -4.61. The van der Waals surface area contributed by atoms with Gasteiger partial charge in [0.15, 0.2) is 5.76 Å². The molecule has 0 atom stereocenters. The number of aryl methyl sites for hydroxylation is 1. The number of nitrogens with one attached hydrogen (secondary N) is 1. The van der Waals surface area contributed by atoms with E-state index in [9.17, 15) is 25.0 Å². The Kier molecular flexibility index (Phi) is 7.79. The Morgan fingerprint density at radius 3 is 2.34 bits per heavy atom. The maximum Gasteiger partial charge on any atom is 0.291 e. The summed E-state index contributed by atoms with van der Waals surface area (Å²) in [5.74, 6) is 0.287. The molecule has 0 fully saturated rings. The number of ether oxygens (including phenoxy) is 2. The van der Waals surface area contributed by atoms with Crippen molar-refractivity contribution >= 4 is 46.2 Å². The average molecular weight is 558 g/mol. The number of carbonyl (C=O) groups excluding carboxylic acids is 1. The second-order valence-electron chi connectivity index (χ2n) is 7.87. The van der Waals surface area contributed by atoms with E-state index in [1.54, 1.807) is 25.1 Å². The Morgan fingerprint density at radius 2 is 1.66 bits per heavy atom. The van der Waals surface area contributed by atoms with Crippen LogP contribution in [0.5, 0.6) is 17.2 Å². The van der Waals surface area contributed by atoms with Gasteiger partial charge in [-0.3, -0.25) is 25.0 Å². The minimum Gasteiger partial charge on any atom is -0.484 e. The van der Waals surface area contributed by atoms with E-state index in [4.69, 9.17) is 37.1 Å². The maximum absolute atomic E-state index is 12.7. The summed E-state index contributed by atoms with van der Waals surface area (Å²) >= 11 is 12.0. The lowest BCUT2D eigenvalue weighted by atomic mass is 10.2. The van der Waals surface area contributed by atoms with E-state index < -0.39 is 15.8 Å². The van der Waals surface area contributed by atoms with Crippen molar-refractivity contribution in [2.24, 2.45) is 0 Å². The number of amides is 1. The van der Waals surface area contributed by atoms with Crippen LogP contribution in [-0.2, 0) is 6.61 Å². The van der Waals surface area contributed by atoms with Crippen LogP contribution in [0.15, 0.2) is 71.1 Å². The predicted molar refractivity (Wildman–Crippen MR) is 138 cm³/mol. The highest BCUT2D eigenvalue weighted by molar-refractivity contribution is 6.32. The summed E-state index contributed by atoms with van der Waals surface area (Å²) < 4.78 is 16.8. The largest absolute Gasteiger partial charge is 0.484 e. The molecule has 38 heavy (non-hydrogen) atoms. The lowest BCUT2D eigenvalue weighted by Gasteiger charge is -2.11. The van der Waals surface area contributed by atoms with Crippen LogP contribution in [0.1, 0.15) is 21.9 Å². The van der Waals surface area contributed by atoms with Crippen LogP contribution < -0.4 is 14.8 Å². The molecule has 0 unspecified atom stereocenters. The SMILES string of the molecule is Cc1cc(Cl)ccc1Oc1cc(NC(=O)c2ccc(COc3ccc([N+](=O)[O-])cc3Cl)o2)cc([N+](=O)[O-])c1. The fourth-order valence-corrected chi connectivity index (χ4v) is 3.77. The third kappa shape index (κ3) is 6.38. The number of nitrogens with zero attached hydrogens (tertiary/aromatic N) is 2. The van der Waals surface area contributed by atoms with Crippen LogP contribution in [-0.4, -0.2) is 15.8 Å². The van der Waals surface area contributed by atoms with Crippen molar-refractivity contribution in [1.82, 2.24) is 0 Å². The molecule has 0 bridgehead atoms. The number of nitro groups is 2. The summed E-state index contributed by atoms with van der Waals surface area (Å²) in [4.78, 5) is 33.8. The normalized spacial score (nSPS) is 10.6. The molecule has 0 spiro atoms. The first-order valence-electron chi connectivity index (χ1n) is 10.8. The first-order chi connectivity index (χ1) is 18.1. The molecule has 4 rings (SSSR count). The Bertz CT molecular complexity index is 1550. The number of nitro benzene ring substituents is 2. The monoisotopic (exact) mass is 557 g/mol. The number of non-ortho nitro benzene ring substituents is 2. The number of furan rings is 1. The highest BCUT2D eigenvalue weighted by Gasteiger charge is 2.17. The van der Waals surface area contributed by atoms with Gasteiger partial charge in [-0.15, -0.1) is 0 Å². The first-order valence-corrected chi connectivity index (χ1v) is 11.5. The summed E-state index contributed by atoms with van der Waals surface area (Å²) in [6.45, 7) is 1.66. The lowest BCUT2D eigenvalue weighted by molar-refractivity contribution is -0.385. The molecule has 1 N–H and O–H groups in total. The zero-order valence-corrected chi connectivity index (χ0v) is 21.0. The number of hydrogen-bond acceptors (Lipinski definition) is 8. The molecule has 1 heterocycles. The van der Waals surface area contributed by atoms with Crippen LogP contribution in [0, 0.1) is 27.2 Å². The van der Waals surface area contributed by atoms with Crippen molar-refractivity contribution in [3.8, 4) is 17.2 Å². The quantitative estimate of drug-likeness (QED) is 0.166. The third-order valence-electron chi connectivity index (χ3n) is 5.11. The van der Waals surface area contributed by atoms with Crippen LogP contribution in [0.25, 0.3) is 0 Å². The second kappa shape index (κ2) is 11.2. The highest BCUT2D eigenvalue weighted by Crippen LogP contribution is 2.33. The van der Waals surface area contributed by atoms with Gasteiger partial charge >= 0.3 is 0 Å². The van der Waals surface area contributed by atoms with Crippen LogP contribution in [0.4, 0.5) is 17.1 Å². The zero-order chi connectivity index (χ0) is 27.4. The van der Waals surface area contributed by atoms with Gasteiger partial charge in [-0.05, 0) is 48.9 Å². The average Bonchev–Trinajstić information content (AvgIpc) is 3.34. The molecule has 0 aliphatic heterocycles. The van der Waals surface area contributed by atoms with Crippen LogP contribution in [0.2, 0.25) is 10.0 Å². The molecular weight excluding hydrogens is 541 g/mol. The van der Waals surface area contributed by atoms with Gasteiger partial charge in [-0.2, -0.15) is 0 Å². The van der Waals surface area contributed by atoms with Crippen LogP contribution >= 0.6 is 23.2 Å². The van der Waals surface area contributed by atoms with E-state index in [1.165, 1.54) is 42.5 Å². The van der Waals surface area contributed by atoms with Crippen molar-refractivity contribution in [3.05, 3.63) is 114 Å². The molecule has 0 aliphatic rings. The summed E-state index contributed by atoms with van der Waals surface area (Å²) in [6.07, 6.45) is 0. The molecule has 1 amide bonds. The smallest absolute Gasteiger partial charge is 0.291 e. The number of benzene rings is 3. The summed E-state index contributed by atoms with van der Waals surface area (Å²) in [7, 11) is 0. The number of carbonyl (C=O) groups is 1. The lowest BCUT2D eigenvalue weighted by Crippen LogP contribution is -2.11. The van der Waals surface area contributed by atoms with Crippen molar-refractivity contribution < 1.29 is 28.5 Å². The number of halogens is 2. The second-order valence-corrected chi connectivity index (χ2v) is 8.71. The van der Waals surface area contributed by atoms with Crippen molar-refractivity contribution in [1.29, 1.82) is 0 Å². The molecule has 13 heteroatoms. The fourth-order valence-electron chi connectivity index (χ4n) is 3.31. The van der Waals surface area contributed by atoms with E-state index in [-0.39, 0.29) is 51.7 Å². The number of anilines is 1. The number of rotatable bonds is 9. The molecule has 0 saturated carbocycles. The molecule has 0 saturated heterocycles. The minimum absolute atomic E-state index is 0.0428. The molecule has 0 aliphatic carbocycles. The minimum atomic E-state index is -0.668. The van der Waals surface area contributed by atoms with E-state index in [1.807, 2.05) is 0 Å². The predicted octanol–water partition coefficient (Wildman–Crippen LogP) is 7.33. The summed E-state index contributed by atoms with van der Waals surface area (Å²) in [6, 6.07) is 15.4. The summed E-state index contributed by atoms with van der Waals surface area (Å²) in [5.41, 5.74) is 0.350. The van der Waals surface area contributed by atoms with Gasteiger partial charge in [0.2, 0.25) is 0 Å². The van der Waals surface area contributed by atoms with Gasteiger partial charge in [-0.1, -0.05) is 23.2 Å². The van der Waals surface area contributed by atoms with Gasteiger partial charge in [0.25, 0.3) is 17.3 Å². The standard InChI is InChI=1S/C25H17Cl2N3O8/c1-14-8-15(26)2-5-22(14)38-20-10-16(9-18(11-20)30(34)35)28-25(31)24-7-4-19(37-24)13-36-23-6-3-17(29(32)33)12-21(23)27/h2-12H,13H2,1H3,(H,28,31). The topological polar surface area (TPSA) is 147 Å². The van der Waals surface area contributed by atoms with Gasteiger partial charge in [-0.25, -0.2) is 0 Å². The van der Waals surface area contributed by atoms with Crippen LogP contribution in [0.3, 0.4) is 0 Å². The van der Waals surface area contributed by atoms with E-state index >= 15 is 0 Å². The number of hydrogen-bond donors (Lipinski definition) is 1. The van der Waals surface area contributed by atoms with E-state index in [0.29, 0.717) is 10.8 Å². The Morgan fingerprint density at radius 1 is 0.921 bits per heavy atom. The molecule has 3 aromatic carbocycles. The van der Waals surface area contributed by atoms with Gasteiger partial charge in [0.05, 0.1) is 26.6 Å². The molecule has 11 nitrogen and oxygen atoms in total.